The summed E-state index contributed by atoms with van der Waals surface area (Å²) in [6.45, 7) is 2.41. The normalized spacial score (nSPS) is 11.9. The molecule has 2 aromatic carbocycles. The van der Waals surface area contributed by atoms with Crippen molar-refractivity contribution in [1.82, 2.24) is 5.32 Å². The molecule has 0 aliphatic heterocycles. The van der Waals surface area contributed by atoms with Gasteiger partial charge in [0, 0.05) is 16.5 Å². The van der Waals surface area contributed by atoms with Gasteiger partial charge < -0.3 is 5.32 Å². The number of carbonyl (C=O) groups excluding carboxylic acids is 1. The molecule has 1 amide bonds. The zero-order valence-corrected chi connectivity index (χ0v) is 12.7. The van der Waals surface area contributed by atoms with Crippen LogP contribution in [0.1, 0.15) is 12.5 Å². The number of amides is 1. The van der Waals surface area contributed by atoms with Crippen LogP contribution >= 0.6 is 23.4 Å². The lowest BCUT2D eigenvalue weighted by Gasteiger charge is -2.12. The summed E-state index contributed by atoms with van der Waals surface area (Å²) in [4.78, 5) is 13.1. The molecular weight excluding hydrogens is 290 g/mol. The minimum absolute atomic E-state index is 0.0267. The van der Waals surface area contributed by atoms with Crippen LogP contribution in [-0.4, -0.2) is 11.2 Å². The third kappa shape index (κ3) is 4.58. The predicted octanol–water partition coefficient (Wildman–Crippen LogP) is 4.14. The Morgan fingerprint density at radius 3 is 2.65 bits per heavy atom. The van der Waals surface area contributed by atoms with Gasteiger partial charge in [-0.1, -0.05) is 41.9 Å². The number of nitrogens with one attached hydrogen (secondary N) is 1. The van der Waals surface area contributed by atoms with Gasteiger partial charge in [0.2, 0.25) is 5.91 Å². The molecule has 1 atom stereocenters. The average Bonchev–Trinajstić information content (AvgIpc) is 2.46. The maximum absolute atomic E-state index is 12.0. The second-order valence-electron chi connectivity index (χ2n) is 4.42. The summed E-state index contributed by atoms with van der Waals surface area (Å²) in [7, 11) is 0. The number of hydrogen-bond acceptors (Lipinski definition) is 2. The molecule has 0 heterocycles. The minimum Gasteiger partial charge on any atom is -0.351 e. The zero-order valence-electron chi connectivity index (χ0n) is 11.2. The van der Waals surface area contributed by atoms with Crippen LogP contribution in [0.25, 0.3) is 0 Å². The SMILES string of the molecule is C[C@@H](Sc1ccccc1)C(=O)NCc1cccc(Cl)c1. The number of rotatable bonds is 5. The monoisotopic (exact) mass is 305 g/mol. The first-order valence-corrected chi connectivity index (χ1v) is 7.65. The van der Waals surface area contributed by atoms with Crippen LogP contribution in [0.2, 0.25) is 5.02 Å². The molecule has 0 aliphatic carbocycles. The molecule has 2 rings (SSSR count). The lowest BCUT2D eigenvalue weighted by molar-refractivity contribution is -0.120. The van der Waals surface area contributed by atoms with Crippen LogP contribution in [0.4, 0.5) is 0 Å². The molecule has 0 unspecified atom stereocenters. The van der Waals surface area contributed by atoms with Crippen molar-refractivity contribution in [1.29, 1.82) is 0 Å². The van der Waals surface area contributed by atoms with Crippen molar-refractivity contribution < 1.29 is 4.79 Å². The molecule has 0 saturated carbocycles. The molecule has 2 nitrogen and oxygen atoms in total. The molecule has 0 radical (unpaired) electrons. The Kier molecular flexibility index (Phi) is 5.50. The van der Waals surface area contributed by atoms with Gasteiger partial charge >= 0.3 is 0 Å². The van der Waals surface area contributed by atoms with Crippen molar-refractivity contribution in [3.8, 4) is 0 Å². The van der Waals surface area contributed by atoms with Gasteiger partial charge in [-0.05, 0) is 36.8 Å². The molecule has 0 saturated heterocycles. The summed E-state index contributed by atoms with van der Waals surface area (Å²) < 4.78 is 0. The van der Waals surface area contributed by atoms with Gasteiger partial charge in [-0.25, -0.2) is 0 Å². The smallest absolute Gasteiger partial charge is 0.233 e. The number of benzene rings is 2. The van der Waals surface area contributed by atoms with Crippen molar-refractivity contribution in [2.45, 2.75) is 23.6 Å². The molecule has 0 aromatic heterocycles. The topological polar surface area (TPSA) is 29.1 Å². The summed E-state index contributed by atoms with van der Waals surface area (Å²) in [5, 5.41) is 3.48. The second kappa shape index (κ2) is 7.36. The molecule has 2 aromatic rings. The maximum Gasteiger partial charge on any atom is 0.233 e. The molecule has 1 N–H and O–H groups in total. The summed E-state index contributed by atoms with van der Waals surface area (Å²) in [5.41, 5.74) is 1.00. The highest BCUT2D eigenvalue weighted by atomic mass is 35.5. The number of thioether (sulfide) groups is 1. The van der Waals surface area contributed by atoms with Crippen LogP contribution in [0.15, 0.2) is 59.5 Å². The standard InChI is InChI=1S/C16H16ClNOS/c1-12(20-15-8-3-2-4-9-15)16(19)18-11-13-6-5-7-14(17)10-13/h2-10,12H,11H2,1H3,(H,18,19)/t12-/m1/s1. The van der Waals surface area contributed by atoms with Crippen LogP contribution in [-0.2, 0) is 11.3 Å². The zero-order chi connectivity index (χ0) is 14.4. The fourth-order valence-electron chi connectivity index (χ4n) is 1.74. The molecule has 0 spiro atoms. The Bertz CT molecular complexity index is 574. The fourth-order valence-corrected chi connectivity index (χ4v) is 2.86. The molecule has 0 bridgehead atoms. The van der Waals surface area contributed by atoms with E-state index in [1.807, 2.05) is 61.5 Å². The van der Waals surface area contributed by atoms with E-state index in [1.165, 1.54) is 0 Å². The highest BCUT2D eigenvalue weighted by molar-refractivity contribution is 8.00. The van der Waals surface area contributed by atoms with E-state index in [-0.39, 0.29) is 11.2 Å². The Hall–Kier alpha value is -1.45. The van der Waals surface area contributed by atoms with Crippen molar-refractivity contribution in [3.63, 3.8) is 0 Å². The van der Waals surface area contributed by atoms with Gasteiger partial charge in [-0.3, -0.25) is 4.79 Å². The molecule has 0 aliphatic rings. The van der Waals surface area contributed by atoms with Crippen molar-refractivity contribution in [3.05, 3.63) is 65.2 Å². The minimum atomic E-state index is -0.128. The van der Waals surface area contributed by atoms with E-state index in [1.54, 1.807) is 11.8 Å². The van der Waals surface area contributed by atoms with Crippen LogP contribution in [0, 0.1) is 0 Å². The Morgan fingerprint density at radius 2 is 1.95 bits per heavy atom. The van der Waals surface area contributed by atoms with Gasteiger partial charge in [0.25, 0.3) is 0 Å². The fraction of sp³-hybridized carbons (Fsp3) is 0.188. The first-order chi connectivity index (χ1) is 9.65. The first-order valence-electron chi connectivity index (χ1n) is 6.39. The van der Waals surface area contributed by atoms with Crippen LogP contribution in [0.3, 0.4) is 0 Å². The van der Waals surface area contributed by atoms with E-state index >= 15 is 0 Å². The summed E-state index contributed by atoms with van der Waals surface area (Å²) >= 11 is 7.47. The maximum atomic E-state index is 12.0. The third-order valence-electron chi connectivity index (χ3n) is 2.78. The Labute approximate surface area is 128 Å². The van der Waals surface area contributed by atoms with Gasteiger partial charge in [0.05, 0.1) is 5.25 Å². The van der Waals surface area contributed by atoms with Gasteiger partial charge in [0.15, 0.2) is 0 Å². The summed E-state index contributed by atoms with van der Waals surface area (Å²) in [6, 6.07) is 17.4. The second-order valence-corrected chi connectivity index (χ2v) is 6.27. The average molecular weight is 306 g/mol. The number of hydrogen-bond donors (Lipinski definition) is 1. The largest absolute Gasteiger partial charge is 0.351 e. The van der Waals surface area contributed by atoms with E-state index in [9.17, 15) is 4.79 Å². The van der Waals surface area contributed by atoms with Crippen LogP contribution in [0.5, 0.6) is 0 Å². The van der Waals surface area contributed by atoms with Crippen molar-refractivity contribution >= 4 is 29.3 Å². The quantitative estimate of drug-likeness (QED) is 0.841. The Morgan fingerprint density at radius 1 is 1.20 bits per heavy atom. The highest BCUT2D eigenvalue weighted by Crippen LogP contribution is 2.22. The molecule has 20 heavy (non-hydrogen) atoms. The molecule has 104 valence electrons. The third-order valence-corrected chi connectivity index (χ3v) is 4.13. The lowest BCUT2D eigenvalue weighted by Crippen LogP contribution is -2.30. The van der Waals surface area contributed by atoms with Gasteiger partial charge in [-0.15, -0.1) is 11.8 Å². The van der Waals surface area contributed by atoms with Crippen molar-refractivity contribution in [2.75, 3.05) is 0 Å². The summed E-state index contributed by atoms with van der Waals surface area (Å²) in [5.74, 6) is 0.0267. The van der Waals surface area contributed by atoms with Crippen molar-refractivity contribution in [2.24, 2.45) is 0 Å². The van der Waals surface area contributed by atoms with E-state index < -0.39 is 0 Å². The van der Waals surface area contributed by atoms with E-state index in [4.69, 9.17) is 11.6 Å². The van der Waals surface area contributed by atoms with Gasteiger partial charge in [-0.2, -0.15) is 0 Å². The van der Waals surface area contributed by atoms with E-state index in [0.29, 0.717) is 11.6 Å². The summed E-state index contributed by atoms with van der Waals surface area (Å²) in [6.07, 6.45) is 0. The van der Waals surface area contributed by atoms with E-state index in [0.717, 1.165) is 10.5 Å². The molecule has 0 fully saturated rings. The first kappa shape index (κ1) is 14.9. The Balaban J connectivity index is 1.85. The number of carbonyl (C=O) groups is 1. The lowest BCUT2D eigenvalue weighted by atomic mass is 10.2. The molecular formula is C16H16ClNOS. The van der Waals surface area contributed by atoms with Crippen LogP contribution < -0.4 is 5.32 Å². The number of halogens is 1. The van der Waals surface area contributed by atoms with E-state index in [2.05, 4.69) is 5.32 Å². The van der Waals surface area contributed by atoms with Gasteiger partial charge in [0.1, 0.15) is 0 Å². The highest BCUT2D eigenvalue weighted by Gasteiger charge is 2.13. The molecule has 4 heteroatoms. The predicted molar refractivity (Wildman–Crippen MR) is 85.1 cm³/mol.